The Bertz CT molecular complexity index is 1440. The van der Waals surface area contributed by atoms with Crippen molar-refractivity contribution in [3.63, 3.8) is 0 Å². The standard InChI is InChI=1S/C25H16N4O4/c26-15-21-14-22(29(31)32)10-11-24(21)33-23-7-3-4-17(12-23)16-27-28-25(30)20-9-8-18-5-1-2-6-19(18)13-20/h1-14,16H,(H,28,30). The van der Waals surface area contributed by atoms with Crippen molar-refractivity contribution in [1.82, 2.24) is 5.43 Å². The lowest BCUT2D eigenvalue weighted by molar-refractivity contribution is -0.384. The molecular weight excluding hydrogens is 420 g/mol. The minimum atomic E-state index is -0.575. The molecule has 8 heteroatoms. The Morgan fingerprint density at radius 2 is 1.82 bits per heavy atom. The minimum absolute atomic E-state index is 0.0471. The lowest BCUT2D eigenvalue weighted by atomic mass is 10.1. The summed E-state index contributed by atoms with van der Waals surface area (Å²) in [5.41, 5.74) is 3.49. The summed E-state index contributed by atoms with van der Waals surface area (Å²) >= 11 is 0. The van der Waals surface area contributed by atoms with Gasteiger partial charge >= 0.3 is 0 Å². The van der Waals surface area contributed by atoms with Crippen molar-refractivity contribution in [2.24, 2.45) is 5.10 Å². The summed E-state index contributed by atoms with van der Waals surface area (Å²) in [6.07, 6.45) is 1.47. The van der Waals surface area contributed by atoms with Gasteiger partial charge in [-0.2, -0.15) is 10.4 Å². The van der Waals surface area contributed by atoms with Crippen LogP contribution in [0, 0.1) is 21.4 Å². The number of nitrogens with one attached hydrogen (secondary N) is 1. The Balaban J connectivity index is 1.45. The molecule has 0 aromatic heterocycles. The molecule has 0 aliphatic heterocycles. The molecule has 160 valence electrons. The Morgan fingerprint density at radius 3 is 2.61 bits per heavy atom. The van der Waals surface area contributed by atoms with Crippen LogP contribution in [0.5, 0.6) is 11.5 Å². The van der Waals surface area contributed by atoms with E-state index < -0.39 is 4.92 Å². The third-order valence-corrected chi connectivity index (χ3v) is 4.77. The Morgan fingerprint density at radius 1 is 1.00 bits per heavy atom. The van der Waals surface area contributed by atoms with Crippen LogP contribution in [-0.4, -0.2) is 17.0 Å². The Labute approximate surface area is 188 Å². The highest BCUT2D eigenvalue weighted by atomic mass is 16.6. The molecule has 0 saturated carbocycles. The summed E-state index contributed by atoms with van der Waals surface area (Å²) in [6.45, 7) is 0. The first-order valence-electron chi connectivity index (χ1n) is 9.82. The summed E-state index contributed by atoms with van der Waals surface area (Å²) in [4.78, 5) is 22.7. The summed E-state index contributed by atoms with van der Waals surface area (Å²) in [5.74, 6) is 0.265. The average molecular weight is 436 g/mol. The van der Waals surface area contributed by atoms with Gasteiger partial charge in [0.05, 0.1) is 11.1 Å². The topological polar surface area (TPSA) is 118 Å². The van der Waals surface area contributed by atoms with Gasteiger partial charge in [0.1, 0.15) is 23.1 Å². The van der Waals surface area contributed by atoms with Crippen LogP contribution in [0.1, 0.15) is 21.5 Å². The molecule has 0 heterocycles. The monoisotopic (exact) mass is 436 g/mol. The van der Waals surface area contributed by atoms with E-state index >= 15 is 0 Å². The van der Waals surface area contributed by atoms with E-state index in [0.717, 1.165) is 16.8 Å². The van der Waals surface area contributed by atoms with Crippen LogP contribution in [0.4, 0.5) is 5.69 Å². The molecule has 0 radical (unpaired) electrons. The smallest absolute Gasteiger partial charge is 0.271 e. The number of rotatable bonds is 6. The van der Waals surface area contributed by atoms with Crippen LogP contribution >= 0.6 is 0 Å². The maximum absolute atomic E-state index is 12.4. The average Bonchev–Trinajstić information content (AvgIpc) is 2.84. The van der Waals surface area contributed by atoms with E-state index in [2.05, 4.69) is 10.5 Å². The molecule has 4 aromatic rings. The van der Waals surface area contributed by atoms with Gasteiger partial charge < -0.3 is 4.74 Å². The molecule has 8 nitrogen and oxygen atoms in total. The Hall–Kier alpha value is -5.03. The molecule has 1 amide bonds. The van der Waals surface area contributed by atoms with E-state index in [1.807, 2.05) is 36.4 Å². The number of nitro benzene ring substituents is 1. The number of non-ortho nitro benzene ring substituents is 1. The molecule has 0 fully saturated rings. The van der Waals surface area contributed by atoms with E-state index in [1.165, 1.54) is 18.3 Å². The highest BCUT2D eigenvalue weighted by Gasteiger charge is 2.12. The number of amides is 1. The second-order valence-electron chi connectivity index (χ2n) is 6.98. The van der Waals surface area contributed by atoms with E-state index in [9.17, 15) is 20.2 Å². The maximum atomic E-state index is 12.4. The molecule has 0 bridgehead atoms. The van der Waals surface area contributed by atoms with Gasteiger partial charge in [-0.05, 0) is 46.7 Å². The van der Waals surface area contributed by atoms with Crippen molar-refractivity contribution in [2.75, 3.05) is 0 Å². The molecule has 0 aliphatic carbocycles. The van der Waals surface area contributed by atoms with Gasteiger partial charge in [0.25, 0.3) is 11.6 Å². The van der Waals surface area contributed by atoms with Crippen LogP contribution < -0.4 is 10.2 Å². The first kappa shape index (κ1) is 21.2. The zero-order valence-corrected chi connectivity index (χ0v) is 17.1. The maximum Gasteiger partial charge on any atom is 0.271 e. The number of nitro groups is 1. The number of hydrogen-bond acceptors (Lipinski definition) is 6. The third-order valence-electron chi connectivity index (χ3n) is 4.77. The second kappa shape index (κ2) is 9.41. The van der Waals surface area contributed by atoms with Crippen LogP contribution in [-0.2, 0) is 0 Å². The van der Waals surface area contributed by atoms with Crippen LogP contribution in [0.25, 0.3) is 10.8 Å². The number of nitriles is 1. The number of carbonyl (C=O) groups excluding carboxylic acids is 1. The Kier molecular flexibility index (Phi) is 6.05. The van der Waals surface area contributed by atoms with Crippen LogP contribution in [0.2, 0.25) is 0 Å². The van der Waals surface area contributed by atoms with Gasteiger partial charge in [0.15, 0.2) is 0 Å². The molecule has 0 aliphatic rings. The number of hydrazone groups is 1. The van der Waals surface area contributed by atoms with Gasteiger partial charge in [-0.25, -0.2) is 5.43 Å². The molecular formula is C25H16N4O4. The van der Waals surface area contributed by atoms with Crippen molar-refractivity contribution < 1.29 is 14.5 Å². The lowest BCUT2D eigenvalue weighted by Gasteiger charge is -2.08. The number of nitrogens with zero attached hydrogens (tertiary/aromatic N) is 3. The zero-order valence-electron chi connectivity index (χ0n) is 17.1. The lowest BCUT2D eigenvalue weighted by Crippen LogP contribution is -2.17. The van der Waals surface area contributed by atoms with Crippen molar-refractivity contribution in [1.29, 1.82) is 5.26 Å². The molecule has 33 heavy (non-hydrogen) atoms. The predicted molar refractivity (Wildman–Crippen MR) is 123 cm³/mol. The van der Waals surface area contributed by atoms with Crippen LogP contribution in [0.3, 0.4) is 0 Å². The molecule has 1 N–H and O–H groups in total. The second-order valence-corrected chi connectivity index (χ2v) is 6.98. The van der Waals surface area contributed by atoms with Gasteiger partial charge in [0, 0.05) is 17.7 Å². The highest BCUT2D eigenvalue weighted by molar-refractivity contribution is 5.99. The summed E-state index contributed by atoms with van der Waals surface area (Å²) in [6, 6.07) is 25.7. The predicted octanol–water partition coefficient (Wildman–Crippen LogP) is 5.18. The summed E-state index contributed by atoms with van der Waals surface area (Å²) in [7, 11) is 0. The van der Waals surface area contributed by atoms with E-state index in [-0.39, 0.29) is 22.9 Å². The molecule has 0 spiro atoms. The highest BCUT2D eigenvalue weighted by Crippen LogP contribution is 2.28. The van der Waals surface area contributed by atoms with Crippen molar-refractivity contribution in [3.8, 4) is 17.6 Å². The van der Waals surface area contributed by atoms with Gasteiger partial charge in [0.2, 0.25) is 0 Å². The third kappa shape index (κ3) is 5.00. The first-order chi connectivity index (χ1) is 16.0. The molecule has 0 atom stereocenters. The molecule has 4 rings (SSSR count). The van der Waals surface area contributed by atoms with E-state index in [1.54, 1.807) is 36.4 Å². The normalized spacial score (nSPS) is 10.6. The summed E-state index contributed by atoms with van der Waals surface area (Å²) in [5, 5.41) is 26.2. The fraction of sp³-hybridized carbons (Fsp3) is 0. The van der Waals surface area contributed by atoms with Gasteiger partial charge in [-0.15, -0.1) is 0 Å². The molecule has 0 saturated heterocycles. The van der Waals surface area contributed by atoms with Gasteiger partial charge in [-0.1, -0.05) is 42.5 Å². The molecule has 0 unspecified atom stereocenters. The summed E-state index contributed by atoms with van der Waals surface area (Å²) < 4.78 is 5.72. The van der Waals surface area contributed by atoms with E-state index in [0.29, 0.717) is 16.9 Å². The number of hydrogen-bond donors (Lipinski definition) is 1. The number of carbonyl (C=O) groups is 1. The largest absolute Gasteiger partial charge is 0.456 e. The fourth-order valence-corrected chi connectivity index (χ4v) is 3.15. The van der Waals surface area contributed by atoms with Gasteiger partial charge in [-0.3, -0.25) is 14.9 Å². The van der Waals surface area contributed by atoms with Crippen molar-refractivity contribution in [3.05, 3.63) is 112 Å². The zero-order chi connectivity index (χ0) is 23.2. The molecule has 4 aromatic carbocycles. The van der Waals surface area contributed by atoms with Crippen LogP contribution in [0.15, 0.2) is 90.0 Å². The quantitative estimate of drug-likeness (QED) is 0.254. The number of fused-ring (bicyclic) bond motifs is 1. The minimum Gasteiger partial charge on any atom is -0.456 e. The van der Waals surface area contributed by atoms with Crippen molar-refractivity contribution >= 4 is 28.6 Å². The first-order valence-corrected chi connectivity index (χ1v) is 9.82. The number of ether oxygens (including phenoxy) is 1. The number of benzene rings is 4. The van der Waals surface area contributed by atoms with E-state index in [4.69, 9.17) is 4.74 Å². The fourth-order valence-electron chi connectivity index (χ4n) is 3.15. The van der Waals surface area contributed by atoms with Crippen molar-refractivity contribution in [2.45, 2.75) is 0 Å². The SMILES string of the molecule is N#Cc1cc([N+](=O)[O-])ccc1Oc1cccc(C=NNC(=O)c2ccc3ccccc3c2)c1.